The van der Waals surface area contributed by atoms with Gasteiger partial charge in [0.2, 0.25) is 5.56 Å². The second-order valence-electron chi connectivity index (χ2n) is 5.25. The lowest BCUT2D eigenvalue weighted by atomic mass is 9.99. The van der Waals surface area contributed by atoms with Gasteiger partial charge in [-0.3, -0.25) is 9.00 Å². The van der Waals surface area contributed by atoms with Crippen LogP contribution in [0.1, 0.15) is 18.5 Å². The first-order chi connectivity index (χ1) is 11.5. The molecule has 0 radical (unpaired) electrons. The summed E-state index contributed by atoms with van der Waals surface area (Å²) in [5.41, 5.74) is 1.72. The van der Waals surface area contributed by atoms with Crippen molar-refractivity contribution < 1.29 is 13.2 Å². The maximum Gasteiger partial charge on any atom is 0.249 e. The Hall–Kier alpha value is -2.13. The van der Waals surface area contributed by atoms with Crippen LogP contribution in [0.3, 0.4) is 0 Å². The second kappa shape index (κ2) is 7.83. The Kier molecular flexibility index (Phi) is 6.02. The maximum atomic E-state index is 14.4. The van der Waals surface area contributed by atoms with E-state index in [4.69, 9.17) is 0 Å². The number of fused-ring (bicyclic) bond motifs is 1. The smallest absolute Gasteiger partial charge is 0.249 e. The van der Waals surface area contributed by atoms with Gasteiger partial charge in [-0.2, -0.15) is 0 Å². The highest BCUT2D eigenvalue weighted by Crippen LogP contribution is 2.29. The first-order valence-corrected chi connectivity index (χ1v) is 8.16. The highest BCUT2D eigenvalue weighted by molar-refractivity contribution is 7.77. The van der Waals surface area contributed by atoms with Crippen LogP contribution in [-0.4, -0.2) is 18.7 Å². The van der Waals surface area contributed by atoms with Crippen LogP contribution in [0.2, 0.25) is 0 Å². The van der Waals surface area contributed by atoms with Gasteiger partial charge in [-0.25, -0.2) is 14.1 Å². The molecule has 0 aliphatic carbocycles. The molecule has 0 fully saturated rings. The molecule has 3 rings (SSSR count). The number of benzene rings is 1. The molecule has 1 aromatic carbocycles. The number of nitrogens with one attached hydrogen (secondary N) is 2. The van der Waals surface area contributed by atoms with Crippen LogP contribution in [0.25, 0.3) is 22.2 Å². The van der Waals surface area contributed by atoms with Crippen molar-refractivity contribution in [1.82, 2.24) is 14.7 Å². The number of rotatable bonds is 4. The van der Waals surface area contributed by atoms with Crippen LogP contribution in [0, 0.1) is 5.82 Å². The minimum absolute atomic E-state index is 0. The van der Waals surface area contributed by atoms with Gasteiger partial charge < -0.3 is 9.54 Å². The zero-order valence-corrected chi connectivity index (χ0v) is 14.6. The molecule has 0 amide bonds. The van der Waals surface area contributed by atoms with E-state index in [9.17, 15) is 17.9 Å². The predicted molar refractivity (Wildman–Crippen MR) is 95.5 cm³/mol. The molecule has 2 aromatic heterocycles. The van der Waals surface area contributed by atoms with Crippen molar-refractivity contribution >= 4 is 34.7 Å². The van der Waals surface area contributed by atoms with E-state index in [1.54, 1.807) is 25.1 Å². The highest BCUT2D eigenvalue weighted by atomic mass is 35.5. The van der Waals surface area contributed by atoms with Crippen molar-refractivity contribution in [3.05, 3.63) is 64.3 Å². The van der Waals surface area contributed by atoms with Crippen molar-refractivity contribution in [1.29, 1.82) is 0 Å². The Morgan fingerprint density at radius 3 is 2.72 bits per heavy atom. The third-order valence-electron chi connectivity index (χ3n) is 3.68. The molecule has 132 valence electrons. The molecule has 0 spiro atoms. The molecule has 1 unspecified atom stereocenters. The molecule has 0 aliphatic heterocycles. The molecule has 25 heavy (non-hydrogen) atoms. The topological polar surface area (TPSA) is 97.9 Å². The molecule has 0 aliphatic rings. The van der Waals surface area contributed by atoms with Crippen LogP contribution in [-0.2, 0) is 11.3 Å². The molecule has 2 atom stereocenters. The minimum Gasteiger partial charge on any atom is -0.760 e. The van der Waals surface area contributed by atoms with Crippen LogP contribution < -0.4 is 10.3 Å². The summed E-state index contributed by atoms with van der Waals surface area (Å²) in [4.78, 5) is 18.1. The van der Waals surface area contributed by atoms with E-state index < -0.39 is 23.1 Å². The Morgan fingerprint density at radius 1 is 1.28 bits per heavy atom. The summed E-state index contributed by atoms with van der Waals surface area (Å²) < 4.78 is 38.0. The maximum absolute atomic E-state index is 14.4. The van der Waals surface area contributed by atoms with Crippen molar-refractivity contribution in [3.8, 4) is 11.1 Å². The van der Waals surface area contributed by atoms with E-state index in [2.05, 4.69) is 14.7 Å². The highest BCUT2D eigenvalue weighted by Gasteiger charge is 2.13. The van der Waals surface area contributed by atoms with Gasteiger partial charge in [0.25, 0.3) is 0 Å². The Labute approximate surface area is 151 Å². The van der Waals surface area contributed by atoms with Crippen LogP contribution in [0.5, 0.6) is 0 Å². The van der Waals surface area contributed by atoms with E-state index >= 15 is 0 Å². The number of nitrogens with zero attached hydrogens (tertiary/aromatic N) is 1. The first-order valence-electron chi connectivity index (χ1n) is 7.09. The van der Waals surface area contributed by atoms with Gasteiger partial charge in [0.15, 0.2) is 0 Å². The quantitative estimate of drug-likeness (QED) is 0.677. The van der Waals surface area contributed by atoms with Crippen LogP contribution in [0.15, 0.2) is 47.4 Å². The molecule has 0 saturated carbocycles. The summed E-state index contributed by atoms with van der Waals surface area (Å²) in [5.74, 6) is -0.521. The molecule has 2 N–H and O–H groups in total. The number of aromatic nitrogens is 2. The monoisotopic (exact) mass is 382 g/mol. The summed E-state index contributed by atoms with van der Waals surface area (Å²) in [6, 6.07) is 8.63. The van der Waals surface area contributed by atoms with Crippen molar-refractivity contribution in [3.63, 3.8) is 0 Å². The summed E-state index contributed by atoms with van der Waals surface area (Å²) in [5, 5.41) is 0.691. The van der Waals surface area contributed by atoms with Crippen molar-refractivity contribution in [2.75, 3.05) is 0 Å². The predicted octanol–water partition coefficient (Wildman–Crippen LogP) is 2.60. The number of pyridine rings is 2. The van der Waals surface area contributed by atoms with E-state index in [0.717, 1.165) is 5.56 Å². The fraction of sp³-hybridized carbons (Fsp3) is 0.125. The molecule has 3 aromatic rings. The Balaban J connectivity index is 0.00000225. The molecule has 0 bridgehead atoms. The average molecular weight is 383 g/mol. The number of hydrogen-bond donors (Lipinski definition) is 2. The molecule has 0 saturated heterocycles. The molecular weight excluding hydrogens is 369 g/mol. The van der Waals surface area contributed by atoms with Crippen molar-refractivity contribution in [2.24, 2.45) is 0 Å². The lowest BCUT2D eigenvalue weighted by Crippen LogP contribution is -2.21. The largest absolute Gasteiger partial charge is 0.760 e. The third-order valence-corrected chi connectivity index (χ3v) is 4.23. The second-order valence-corrected chi connectivity index (χ2v) is 5.96. The number of H-pyrrole nitrogens is 1. The molecular formula is C16H14ClFN3O3S-. The number of hydrogen-bond acceptors (Lipinski definition) is 4. The lowest BCUT2D eigenvalue weighted by Gasteiger charge is -2.17. The summed E-state index contributed by atoms with van der Waals surface area (Å²) in [6.07, 6.45) is 1.53. The zero-order valence-electron chi connectivity index (χ0n) is 13.0. The summed E-state index contributed by atoms with van der Waals surface area (Å²) in [7, 11) is 0. The number of halogens is 2. The van der Waals surface area contributed by atoms with Gasteiger partial charge in [-0.05, 0) is 36.2 Å². The molecule has 6 nitrogen and oxygen atoms in total. The first kappa shape index (κ1) is 19.2. The van der Waals surface area contributed by atoms with E-state index in [1.165, 1.54) is 24.4 Å². The Morgan fingerprint density at radius 2 is 2.04 bits per heavy atom. The van der Waals surface area contributed by atoms with Gasteiger partial charge in [-0.15, -0.1) is 12.4 Å². The van der Waals surface area contributed by atoms with E-state index in [1.807, 2.05) is 0 Å². The van der Waals surface area contributed by atoms with Crippen LogP contribution in [0.4, 0.5) is 4.39 Å². The summed E-state index contributed by atoms with van der Waals surface area (Å²) >= 11 is -2.48. The standard InChI is InChI=1S/C16H14FN3O3S.ClH/c1-9(20-24(22)23)11-3-2-10(8-14(11)17)12-6-7-18-16-13(12)4-5-15(21)19-16;/h2-9,20H,1H3,(H,22,23)(H,18,19,21);1H/p-1/t9-;/m1./s1. The van der Waals surface area contributed by atoms with E-state index in [-0.39, 0.29) is 23.5 Å². The van der Waals surface area contributed by atoms with Gasteiger partial charge in [-0.1, -0.05) is 12.1 Å². The number of aromatic amines is 1. The Bertz CT molecular complexity index is 996. The zero-order chi connectivity index (χ0) is 17.3. The van der Waals surface area contributed by atoms with Crippen LogP contribution >= 0.6 is 12.4 Å². The summed E-state index contributed by atoms with van der Waals surface area (Å²) in [6.45, 7) is 1.56. The average Bonchev–Trinajstić information content (AvgIpc) is 2.53. The van der Waals surface area contributed by atoms with Gasteiger partial charge >= 0.3 is 0 Å². The fourth-order valence-electron chi connectivity index (χ4n) is 2.56. The normalized spacial score (nSPS) is 13.2. The minimum atomic E-state index is -2.48. The molecule has 2 heterocycles. The van der Waals surface area contributed by atoms with Crippen molar-refractivity contribution in [2.45, 2.75) is 13.0 Å². The van der Waals surface area contributed by atoms with Gasteiger partial charge in [0.05, 0.1) is 0 Å². The van der Waals surface area contributed by atoms with Gasteiger partial charge in [0.1, 0.15) is 11.5 Å². The SMILES string of the molecule is C[C@@H](NS(=O)[O-])c1ccc(-c2ccnc3[nH]c(=O)ccc23)cc1F.Cl. The van der Waals surface area contributed by atoms with E-state index in [0.29, 0.717) is 16.6 Å². The third kappa shape index (κ3) is 4.10. The lowest BCUT2D eigenvalue weighted by molar-refractivity contribution is 0.506. The van der Waals surface area contributed by atoms with Gasteiger partial charge in [0, 0.05) is 40.5 Å². The molecule has 9 heteroatoms. The fourth-order valence-corrected chi connectivity index (χ4v) is 2.98.